The average Bonchev–Trinajstić information content (AvgIpc) is 2.37. The van der Waals surface area contributed by atoms with Crippen molar-refractivity contribution in [2.24, 2.45) is 10.8 Å². The van der Waals surface area contributed by atoms with Crippen LogP contribution in [0.1, 0.15) is 72.3 Å². The second-order valence-corrected chi connectivity index (χ2v) is 7.21. The zero-order valence-corrected chi connectivity index (χ0v) is 13.5. The van der Waals surface area contributed by atoms with Crippen molar-refractivity contribution in [3.05, 3.63) is 29.8 Å². The van der Waals surface area contributed by atoms with Crippen molar-refractivity contribution < 1.29 is 5.11 Å². The molecule has 0 aliphatic rings. The average molecular weight is 262 g/mol. The topological polar surface area (TPSA) is 20.2 Å². The first kappa shape index (κ1) is 16.1. The van der Waals surface area contributed by atoms with E-state index in [0.717, 1.165) is 0 Å². The van der Waals surface area contributed by atoms with Crippen LogP contribution in [0.4, 0.5) is 0 Å². The van der Waals surface area contributed by atoms with Gasteiger partial charge < -0.3 is 5.11 Å². The van der Waals surface area contributed by atoms with Gasteiger partial charge in [0.1, 0.15) is 5.75 Å². The molecular formula is C18H30O. The van der Waals surface area contributed by atoms with Gasteiger partial charge in [-0.25, -0.2) is 0 Å². The summed E-state index contributed by atoms with van der Waals surface area (Å²) in [5.41, 5.74) is 1.99. The first-order valence-corrected chi connectivity index (χ1v) is 7.51. The van der Waals surface area contributed by atoms with Crippen molar-refractivity contribution in [1.82, 2.24) is 0 Å². The first-order chi connectivity index (χ1) is 8.72. The number of hydrogen-bond acceptors (Lipinski definition) is 1. The third-order valence-electron chi connectivity index (χ3n) is 4.86. The van der Waals surface area contributed by atoms with Gasteiger partial charge in [-0.2, -0.15) is 0 Å². The van der Waals surface area contributed by atoms with Gasteiger partial charge >= 0.3 is 0 Å². The third-order valence-corrected chi connectivity index (χ3v) is 4.86. The predicted molar refractivity (Wildman–Crippen MR) is 83.6 cm³/mol. The van der Waals surface area contributed by atoms with Crippen molar-refractivity contribution in [3.63, 3.8) is 0 Å². The molecule has 1 N–H and O–H groups in total. The van der Waals surface area contributed by atoms with Gasteiger partial charge in [-0.3, -0.25) is 0 Å². The number of aromatic hydroxyl groups is 1. The number of rotatable bonds is 6. The molecule has 0 aliphatic heterocycles. The quantitative estimate of drug-likeness (QED) is 0.693. The second-order valence-electron chi connectivity index (χ2n) is 7.21. The summed E-state index contributed by atoms with van der Waals surface area (Å²) in [7, 11) is 0. The molecule has 0 bridgehead atoms. The van der Waals surface area contributed by atoms with Gasteiger partial charge in [-0.1, -0.05) is 66.5 Å². The molecular weight excluding hydrogens is 232 g/mol. The van der Waals surface area contributed by atoms with E-state index < -0.39 is 0 Å². The molecule has 0 aliphatic carbocycles. The van der Waals surface area contributed by atoms with Gasteiger partial charge in [0.25, 0.3) is 0 Å². The molecule has 0 saturated heterocycles. The maximum Gasteiger partial charge on any atom is 0.115 e. The minimum Gasteiger partial charge on any atom is -0.508 e. The normalized spacial score (nSPS) is 14.4. The smallest absolute Gasteiger partial charge is 0.115 e. The zero-order chi connectivity index (χ0) is 14.7. The monoisotopic (exact) mass is 262 g/mol. The molecule has 1 heteroatoms. The highest BCUT2D eigenvalue weighted by molar-refractivity contribution is 5.29. The lowest BCUT2D eigenvalue weighted by Gasteiger charge is -2.39. The summed E-state index contributed by atoms with van der Waals surface area (Å²) in [5.74, 6) is 0.889. The van der Waals surface area contributed by atoms with Crippen LogP contribution in [0.15, 0.2) is 24.3 Å². The highest BCUT2D eigenvalue weighted by Gasteiger charge is 2.33. The highest BCUT2D eigenvalue weighted by Crippen LogP contribution is 2.46. The minimum atomic E-state index is 0.281. The van der Waals surface area contributed by atoms with Crippen LogP contribution >= 0.6 is 0 Å². The molecule has 0 spiro atoms. The van der Waals surface area contributed by atoms with Crippen molar-refractivity contribution in [3.8, 4) is 5.75 Å². The van der Waals surface area contributed by atoms with Gasteiger partial charge in [0.05, 0.1) is 0 Å². The molecule has 1 aromatic carbocycles. The summed E-state index contributed by atoms with van der Waals surface area (Å²) in [6, 6.07) is 7.80. The van der Waals surface area contributed by atoms with E-state index in [9.17, 15) is 5.11 Å². The van der Waals surface area contributed by atoms with Crippen molar-refractivity contribution in [2.75, 3.05) is 0 Å². The Bertz CT molecular complexity index is 387. The Morgan fingerprint density at radius 3 is 1.89 bits per heavy atom. The summed E-state index contributed by atoms with van der Waals surface area (Å²) in [6.07, 6.45) is 3.55. The fourth-order valence-electron chi connectivity index (χ4n) is 2.50. The molecule has 0 aromatic heterocycles. The van der Waals surface area contributed by atoms with E-state index >= 15 is 0 Å². The van der Waals surface area contributed by atoms with Crippen molar-refractivity contribution in [1.29, 1.82) is 0 Å². The molecule has 0 heterocycles. The van der Waals surface area contributed by atoms with Gasteiger partial charge in [0.2, 0.25) is 0 Å². The lowest BCUT2D eigenvalue weighted by molar-refractivity contribution is 0.188. The second kappa shape index (κ2) is 5.98. The van der Waals surface area contributed by atoms with E-state index in [1.807, 2.05) is 12.1 Å². The van der Waals surface area contributed by atoms with Crippen molar-refractivity contribution in [2.45, 2.75) is 66.7 Å². The molecule has 19 heavy (non-hydrogen) atoms. The number of hydrogen-bond donors (Lipinski definition) is 1. The SMILES string of the molecule is CCC(C)(C)CC(c1ccc(O)cc1)C(C)(C)CC. The Labute approximate surface area is 119 Å². The van der Waals surface area contributed by atoms with Crippen LogP contribution in [0.3, 0.4) is 0 Å². The van der Waals surface area contributed by atoms with Gasteiger partial charge in [-0.05, 0) is 40.9 Å². The summed E-state index contributed by atoms with van der Waals surface area (Å²) in [4.78, 5) is 0. The van der Waals surface area contributed by atoms with E-state index in [4.69, 9.17) is 0 Å². The van der Waals surface area contributed by atoms with Crippen LogP contribution in [0.2, 0.25) is 0 Å². The Morgan fingerprint density at radius 1 is 0.947 bits per heavy atom. The van der Waals surface area contributed by atoms with Crippen LogP contribution in [-0.2, 0) is 0 Å². The molecule has 1 nitrogen and oxygen atoms in total. The van der Waals surface area contributed by atoms with E-state index in [1.54, 1.807) is 0 Å². The summed E-state index contributed by atoms with van der Waals surface area (Å²) < 4.78 is 0. The molecule has 0 fully saturated rings. The lowest BCUT2D eigenvalue weighted by Crippen LogP contribution is -2.26. The van der Waals surface area contributed by atoms with E-state index in [2.05, 4.69) is 53.7 Å². The highest BCUT2D eigenvalue weighted by atomic mass is 16.3. The third kappa shape index (κ3) is 4.26. The van der Waals surface area contributed by atoms with E-state index in [-0.39, 0.29) is 5.41 Å². The standard InChI is InChI=1S/C18H30O/c1-7-17(3,4)13-16(18(5,6)8-2)14-9-11-15(19)12-10-14/h9-12,16,19H,7-8,13H2,1-6H3. The van der Waals surface area contributed by atoms with Gasteiger partial charge in [-0.15, -0.1) is 0 Å². The van der Waals surface area contributed by atoms with Gasteiger partial charge in [0, 0.05) is 0 Å². The largest absolute Gasteiger partial charge is 0.508 e. The Morgan fingerprint density at radius 2 is 1.47 bits per heavy atom. The molecule has 1 atom stereocenters. The predicted octanol–water partition coefficient (Wildman–Crippen LogP) is 5.74. The molecule has 1 unspecified atom stereocenters. The van der Waals surface area contributed by atoms with Crippen LogP contribution in [-0.4, -0.2) is 5.11 Å². The summed E-state index contributed by atoms with van der Waals surface area (Å²) in [5, 5.41) is 9.48. The van der Waals surface area contributed by atoms with E-state index in [0.29, 0.717) is 17.1 Å². The van der Waals surface area contributed by atoms with Gasteiger partial charge in [0.15, 0.2) is 0 Å². The van der Waals surface area contributed by atoms with Crippen LogP contribution in [0, 0.1) is 10.8 Å². The fourth-order valence-corrected chi connectivity index (χ4v) is 2.50. The Balaban J connectivity index is 3.09. The molecule has 1 rings (SSSR count). The maximum absolute atomic E-state index is 9.48. The van der Waals surface area contributed by atoms with Crippen LogP contribution < -0.4 is 0 Å². The maximum atomic E-state index is 9.48. The molecule has 0 radical (unpaired) electrons. The summed E-state index contributed by atoms with van der Waals surface area (Å²) in [6.45, 7) is 14.0. The minimum absolute atomic E-state index is 0.281. The van der Waals surface area contributed by atoms with E-state index in [1.165, 1.54) is 24.8 Å². The molecule has 108 valence electrons. The summed E-state index contributed by atoms with van der Waals surface area (Å²) >= 11 is 0. The molecule has 0 saturated carbocycles. The fraction of sp³-hybridized carbons (Fsp3) is 0.667. The zero-order valence-electron chi connectivity index (χ0n) is 13.5. The lowest BCUT2D eigenvalue weighted by atomic mass is 9.66. The molecule has 1 aromatic rings. The van der Waals surface area contributed by atoms with Crippen LogP contribution in [0.5, 0.6) is 5.75 Å². The number of benzene rings is 1. The Kier molecular flexibility index (Phi) is 5.06. The Hall–Kier alpha value is -0.980. The van der Waals surface area contributed by atoms with Crippen molar-refractivity contribution >= 4 is 0 Å². The number of phenols is 1. The van der Waals surface area contributed by atoms with Crippen LogP contribution in [0.25, 0.3) is 0 Å². The first-order valence-electron chi connectivity index (χ1n) is 7.51. The number of phenolic OH excluding ortho intramolecular Hbond substituents is 1. The molecule has 0 amide bonds.